The molecule has 0 aliphatic heterocycles. The van der Waals surface area contributed by atoms with Gasteiger partial charge in [-0.25, -0.2) is 13.5 Å². The highest BCUT2D eigenvalue weighted by Gasteiger charge is 2.16. The summed E-state index contributed by atoms with van der Waals surface area (Å²) in [5.74, 6) is -1.35. The Morgan fingerprint density at radius 3 is 2.73 bits per heavy atom. The fourth-order valence-electron chi connectivity index (χ4n) is 3.53. The van der Waals surface area contributed by atoms with Crippen LogP contribution in [0.4, 0.5) is 8.78 Å². The van der Waals surface area contributed by atoms with Crippen LogP contribution in [-0.4, -0.2) is 14.8 Å². The summed E-state index contributed by atoms with van der Waals surface area (Å²) in [5, 5.41) is 7.42. The molecule has 0 aliphatic rings. The monoisotopic (exact) mass is 419 g/mol. The van der Waals surface area contributed by atoms with Crippen molar-refractivity contribution in [3.05, 3.63) is 93.9 Å². The summed E-state index contributed by atoms with van der Waals surface area (Å²) in [6.45, 7) is 0.349. The third-order valence-corrected chi connectivity index (χ3v) is 5.96. The van der Waals surface area contributed by atoms with Crippen molar-refractivity contribution in [3.63, 3.8) is 0 Å². The first-order valence-corrected chi connectivity index (χ1v) is 10.3. The second kappa shape index (κ2) is 7.42. The SMILES string of the molecule is O=c1c2c(-c3ccc(F)cc3F)csc2cnn1CCc1ccc2ccccc2n1. The Kier molecular flexibility index (Phi) is 4.59. The first-order chi connectivity index (χ1) is 14.6. The number of hydrogen-bond acceptors (Lipinski definition) is 4. The highest BCUT2D eigenvalue weighted by molar-refractivity contribution is 7.17. The first-order valence-electron chi connectivity index (χ1n) is 9.37. The molecular formula is C23H15F2N3OS. The minimum Gasteiger partial charge on any atom is -0.267 e. The molecule has 0 radical (unpaired) electrons. The molecule has 0 fully saturated rings. The molecule has 3 aromatic heterocycles. The predicted molar refractivity (Wildman–Crippen MR) is 115 cm³/mol. The number of benzene rings is 2. The van der Waals surface area contributed by atoms with E-state index in [4.69, 9.17) is 0 Å². The molecule has 0 amide bonds. The summed E-state index contributed by atoms with van der Waals surface area (Å²) in [4.78, 5) is 17.7. The summed E-state index contributed by atoms with van der Waals surface area (Å²) >= 11 is 1.31. The lowest BCUT2D eigenvalue weighted by molar-refractivity contribution is 0.580. The van der Waals surface area contributed by atoms with Crippen molar-refractivity contribution < 1.29 is 8.78 Å². The molecule has 0 aliphatic carbocycles. The Morgan fingerprint density at radius 1 is 1.00 bits per heavy atom. The van der Waals surface area contributed by atoms with Crippen LogP contribution in [0.15, 0.2) is 71.0 Å². The summed E-state index contributed by atoms with van der Waals surface area (Å²) in [6.07, 6.45) is 2.15. The van der Waals surface area contributed by atoms with Gasteiger partial charge in [-0.2, -0.15) is 5.10 Å². The second-order valence-electron chi connectivity index (χ2n) is 6.93. The van der Waals surface area contributed by atoms with Crippen LogP contribution in [0.3, 0.4) is 0 Å². The van der Waals surface area contributed by atoms with Gasteiger partial charge in [0.2, 0.25) is 0 Å². The lowest BCUT2D eigenvalue weighted by Gasteiger charge is -2.07. The maximum absolute atomic E-state index is 14.3. The summed E-state index contributed by atoms with van der Waals surface area (Å²) in [7, 11) is 0. The lowest BCUT2D eigenvalue weighted by atomic mass is 10.1. The number of fused-ring (bicyclic) bond motifs is 2. The van der Waals surface area contributed by atoms with Crippen molar-refractivity contribution in [2.45, 2.75) is 13.0 Å². The van der Waals surface area contributed by atoms with E-state index in [1.54, 1.807) is 11.6 Å². The molecule has 0 saturated carbocycles. The van der Waals surface area contributed by atoms with Crippen LogP contribution >= 0.6 is 11.3 Å². The van der Waals surface area contributed by atoms with Gasteiger partial charge < -0.3 is 0 Å². The molecule has 0 atom stereocenters. The molecule has 0 saturated heterocycles. The molecule has 0 bridgehead atoms. The topological polar surface area (TPSA) is 47.8 Å². The van der Waals surface area contributed by atoms with Crippen molar-refractivity contribution >= 4 is 32.3 Å². The average Bonchev–Trinajstić information content (AvgIpc) is 3.18. The standard InChI is InChI=1S/C23H15F2N3OS/c24-15-6-8-17(19(25)11-15)18-13-30-21-12-26-28(23(29)22(18)21)10-9-16-7-5-14-3-1-2-4-20(14)27-16/h1-8,11-13H,9-10H2. The van der Waals surface area contributed by atoms with Gasteiger partial charge in [-0.15, -0.1) is 11.3 Å². The molecule has 4 nitrogen and oxygen atoms in total. The number of nitrogens with zero attached hydrogens (tertiary/aromatic N) is 3. The van der Waals surface area contributed by atoms with Gasteiger partial charge in [0.15, 0.2) is 0 Å². The van der Waals surface area contributed by atoms with Crippen LogP contribution in [0.1, 0.15) is 5.69 Å². The van der Waals surface area contributed by atoms with Gasteiger partial charge in [0, 0.05) is 40.1 Å². The highest BCUT2D eigenvalue weighted by Crippen LogP contribution is 2.33. The van der Waals surface area contributed by atoms with Gasteiger partial charge in [-0.1, -0.05) is 24.3 Å². The molecule has 30 heavy (non-hydrogen) atoms. The van der Waals surface area contributed by atoms with E-state index >= 15 is 0 Å². The first kappa shape index (κ1) is 18.6. The molecule has 7 heteroatoms. The predicted octanol–water partition coefficient (Wildman–Crippen LogP) is 5.19. The minimum absolute atomic E-state index is 0.202. The fraction of sp³-hybridized carbons (Fsp3) is 0.0870. The molecule has 5 aromatic rings. The largest absolute Gasteiger partial charge is 0.276 e. The van der Waals surface area contributed by atoms with Crippen molar-refractivity contribution in [1.29, 1.82) is 0 Å². The van der Waals surface area contributed by atoms with E-state index in [2.05, 4.69) is 10.1 Å². The number of halogens is 2. The molecule has 5 rings (SSSR count). The molecule has 0 N–H and O–H groups in total. The maximum Gasteiger partial charge on any atom is 0.276 e. The van der Waals surface area contributed by atoms with Gasteiger partial charge in [-0.3, -0.25) is 9.78 Å². The Morgan fingerprint density at radius 2 is 1.87 bits per heavy atom. The summed E-state index contributed by atoms with van der Waals surface area (Å²) in [6, 6.07) is 15.2. The molecule has 0 spiro atoms. The van der Waals surface area contributed by atoms with E-state index in [0.717, 1.165) is 22.7 Å². The minimum atomic E-state index is -0.696. The number of rotatable bonds is 4. The fourth-order valence-corrected chi connectivity index (χ4v) is 4.44. The highest BCUT2D eigenvalue weighted by atomic mass is 32.1. The summed E-state index contributed by atoms with van der Waals surface area (Å²) < 4.78 is 29.6. The van der Waals surface area contributed by atoms with Gasteiger partial charge in [0.25, 0.3) is 5.56 Å². The number of aryl methyl sites for hydroxylation is 2. The van der Waals surface area contributed by atoms with Gasteiger partial charge >= 0.3 is 0 Å². The van der Waals surface area contributed by atoms with Crippen molar-refractivity contribution in [3.8, 4) is 11.1 Å². The van der Waals surface area contributed by atoms with Gasteiger partial charge in [-0.05, 0) is 24.3 Å². The zero-order valence-electron chi connectivity index (χ0n) is 15.7. The Hall–Kier alpha value is -3.45. The van der Waals surface area contributed by atoms with Crippen LogP contribution < -0.4 is 5.56 Å². The second-order valence-corrected chi connectivity index (χ2v) is 7.84. The van der Waals surface area contributed by atoms with Crippen molar-refractivity contribution in [2.24, 2.45) is 0 Å². The van der Waals surface area contributed by atoms with E-state index in [-0.39, 0.29) is 11.1 Å². The van der Waals surface area contributed by atoms with Crippen LogP contribution in [0.5, 0.6) is 0 Å². The van der Waals surface area contributed by atoms with Crippen molar-refractivity contribution in [2.75, 3.05) is 0 Å². The van der Waals surface area contributed by atoms with Crippen molar-refractivity contribution in [1.82, 2.24) is 14.8 Å². The molecule has 2 aromatic carbocycles. The van der Waals surface area contributed by atoms with E-state index in [1.165, 1.54) is 28.2 Å². The third kappa shape index (κ3) is 3.27. The number of pyridine rings is 1. The Labute approximate surface area is 174 Å². The molecular weight excluding hydrogens is 404 g/mol. The zero-order valence-corrected chi connectivity index (χ0v) is 16.5. The van der Waals surface area contributed by atoms with Crippen LogP contribution in [0.2, 0.25) is 0 Å². The van der Waals surface area contributed by atoms with E-state index in [1.807, 2.05) is 36.4 Å². The van der Waals surface area contributed by atoms with Crippen LogP contribution in [-0.2, 0) is 13.0 Å². The van der Waals surface area contributed by atoms with E-state index in [9.17, 15) is 13.6 Å². The molecule has 0 unspecified atom stereocenters. The van der Waals surface area contributed by atoms with E-state index in [0.29, 0.717) is 28.6 Å². The zero-order chi connectivity index (χ0) is 20.7. The van der Waals surface area contributed by atoms with Crippen LogP contribution in [0, 0.1) is 11.6 Å². The number of para-hydroxylation sites is 1. The normalized spacial score (nSPS) is 11.4. The maximum atomic E-state index is 14.3. The van der Waals surface area contributed by atoms with Crippen LogP contribution in [0.25, 0.3) is 32.1 Å². The Balaban J connectivity index is 1.50. The number of aromatic nitrogens is 3. The molecule has 3 heterocycles. The lowest BCUT2D eigenvalue weighted by Crippen LogP contribution is -2.23. The van der Waals surface area contributed by atoms with Gasteiger partial charge in [0.1, 0.15) is 11.6 Å². The Bertz CT molecular complexity index is 1460. The summed E-state index contributed by atoms with van der Waals surface area (Å²) in [5.41, 5.74) is 2.12. The number of thiophene rings is 1. The smallest absolute Gasteiger partial charge is 0.267 e. The average molecular weight is 419 g/mol. The third-order valence-electron chi connectivity index (χ3n) is 5.04. The van der Waals surface area contributed by atoms with Gasteiger partial charge in [0.05, 0.1) is 28.3 Å². The quantitative estimate of drug-likeness (QED) is 0.403. The molecule has 148 valence electrons. The van der Waals surface area contributed by atoms with E-state index < -0.39 is 11.6 Å². The number of hydrogen-bond donors (Lipinski definition) is 0.